The van der Waals surface area contributed by atoms with Gasteiger partial charge in [-0.25, -0.2) is 14.0 Å². The summed E-state index contributed by atoms with van der Waals surface area (Å²) in [5.74, 6) is -5.12. The predicted octanol–water partition coefficient (Wildman–Crippen LogP) is 6.74. The topological polar surface area (TPSA) is 162 Å². The Bertz CT molecular complexity index is 2190. The maximum atomic E-state index is 15.1. The number of rotatable bonds is 11. The molecule has 0 radical (unpaired) electrons. The van der Waals surface area contributed by atoms with E-state index in [1.807, 2.05) is 48.5 Å². The second-order valence-electron chi connectivity index (χ2n) is 17.2. The Labute approximate surface area is 329 Å². The van der Waals surface area contributed by atoms with Gasteiger partial charge >= 0.3 is 11.9 Å². The van der Waals surface area contributed by atoms with Crippen LogP contribution in [-0.4, -0.2) is 52.5 Å². The second-order valence-corrected chi connectivity index (χ2v) is 17.2. The molecule has 0 aliphatic heterocycles. The van der Waals surface area contributed by atoms with Crippen LogP contribution < -0.4 is 16.0 Å². The Kier molecular flexibility index (Phi) is 9.21. The minimum Gasteiger partial charge on any atom is -0.478 e. The molecule has 4 aromatic rings. The molecule has 2 unspecified atom stereocenters. The summed E-state index contributed by atoms with van der Waals surface area (Å²) in [4.78, 5) is 67.8. The second kappa shape index (κ2) is 14.3. The third kappa shape index (κ3) is 6.76. The number of hydrogen-bond donors (Lipinski definition) is 5. The van der Waals surface area contributed by atoms with Gasteiger partial charge < -0.3 is 26.2 Å². The van der Waals surface area contributed by atoms with Crippen molar-refractivity contribution in [2.75, 3.05) is 11.9 Å². The number of hydrogen-bond acceptors (Lipinski definition) is 5. The highest BCUT2D eigenvalue weighted by atomic mass is 19.1. The number of carboxylic acids is 2. The number of carboxylic acid groups (broad SMARTS) is 2. The van der Waals surface area contributed by atoms with Gasteiger partial charge in [0.2, 0.25) is 17.7 Å². The average molecular weight is 770 g/mol. The van der Waals surface area contributed by atoms with Crippen LogP contribution in [0.25, 0.3) is 0 Å². The molecule has 57 heavy (non-hydrogen) atoms. The van der Waals surface area contributed by atoms with Crippen LogP contribution in [-0.2, 0) is 20.8 Å². The normalized spacial score (nSPS) is 27.8. The summed E-state index contributed by atoms with van der Waals surface area (Å²) >= 11 is 0. The fraction of sp³-hybridized carbons (Fsp3) is 0.370. The third-order valence-corrected chi connectivity index (χ3v) is 13.5. The number of nitrogens with one attached hydrogen (secondary N) is 3. The number of carbonyl (C=O) groups excluding carboxylic acids is 3. The standard InChI is InChI=1S/C46H44FN3O7/c47-30-11-9-24(10-12-30)16-36(41(51)49-31-18-28(44(54)55)17-29(19-31)45(56)57)50-43(53)40-38-34-7-3-1-5-32(34)37(33-6-2-4-8-35(33)38)39(40)42(52)48-23-46-20-25-13-26(21-46)15-27(14-25)22-46/h1-12,17-19,25-27,36-40H,13-16,20-23H2,(H,48,52)(H,49,51)(H,50,53)(H,54,55)(H,56,57)/t25?,26?,27?,36-,37?,38?,39?,40?,46?/m0/s1. The number of amides is 3. The van der Waals surface area contributed by atoms with E-state index in [1.165, 1.54) is 43.5 Å². The smallest absolute Gasteiger partial charge is 0.335 e. The van der Waals surface area contributed by atoms with Gasteiger partial charge in [0.05, 0.1) is 23.0 Å². The van der Waals surface area contributed by atoms with Gasteiger partial charge in [0, 0.05) is 30.5 Å². The summed E-state index contributed by atoms with van der Waals surface area (Å²) < 4.78 is 14.0. The molecule has 3 atom stereocenters. The lowest BCUT2D eigenvalue weighted by Crippen LogP contribution is -2.57. The summed E-state index contributed by atoms with van der Waals surface area (Å²) in [7, 11) is 0. The maximum Gasteiger partial charge on any atom is 0.335 e. The van der Waals surface area contributed by atoms with Gasteiger partial charge in [-0.2, -0.15) is 0 Å². The molecule has 4 fully saturated rings. The van der Waals surface area contributed by atoms with Gasteiger partial charge in [0.1, 0.15) is 11.9 Å². The van der Waals surface area contributed by atoms with E-state index in [1.54, 1.807) is 0 Å². The minimum absolute atomic E-state index is 0.0703. The first-order chi connectivity index (χ1) is 27.4. The van der Waals surface area contributed by atoms with Crippen molar-refractivity contribution in [1.82, 2.24) is 10.6 Å². The van der Waals surface area contributed by atoms with Gasteiger partial charge in [-0.1, -0.05) is 60.7 Å². The van der Waals surface area contributed by atoms with Crippen molar-refractivity contribution >= 4 is 35.3 Å². The number of benzene rings is 4. The van der Waals surface area contributed by atoms with Crippen molar-refractivity contribution < 1.29 is 38.6 Å². The van der Waals surface area contributed by atoms with Crippen molar-refractivity contribution in [3.63, 3.8) is 0 Å². The Morgan fingerprint density at radius 2 is 1.14 bits per heavy atom. The van der Waals surface area contributed by atoms with Crippen LogP contribution in [0.3, 0.4) is 0 Å². The molecule has 4 aromatic carbocycles. The molecule has 0 aromatic heterocycles. The van der Waals surface area contributed by atoms with Crippen LogP contribution in [0, 0.1) is 40.8 Å². The van der Waals surface area contributed by atoms with Gasteiger partial charge in [-0.05, 0) is 120 Å². The van der Waals surface area contributed by atoms with Gasteiger partial charge in [-0.3, -0.25) is 14.4 Å². The van der Waals surface area contributed by atoms with E-state index in [-0.39, 0.29) is 34.6 Å². The summed E-state index contributed by atoms with van der Waals surface area (Å²) in [6.07, 6.45) is 7.15. The van der Waals surface area contributed by atoms with Crippen LogP contribution >= 0.6 is 0 Å². The molecule has 6 bridgehead atoms. The molecule has 11 rings (SSSR count). The van der Waals surface area contributed by atoms with Crippen LogP contribution in [0.5, 0.6) is 0 Å². The quantitative estimate of drug-likeness (QED) is 0.113. The Morgan fingerprint density at radius 3 is 1.61 bits per heavy atom. The van der Waals surface area contributed by atoms with Crippen LogP contribution in [0.1, 0.15) is 98.9 Å². The molecule has 7 aliphatic rings. The first kappa shape index (κ1) is 36.8. The highest BCUT2D eigenvalue weighted by molar-refractivity contribution is 6.02. The largest absolute Gasteiger partial charge is 0.478 e. The molecule has 10 nitrogen and oxygen atoms in total. The number of anilines is 1. The molecule has 3 amide bonds. The van der Waals surface area contributed by atoms with Crippen molar-refractivity contribution in [2.24, 2.45) is 35.0 Å². The van der Waals surface area contributed by atoms with Crippen LogP contribution in [0.4, 0.5) is 10.1 Å². The van der Waals surface area contributed by atoms with E-state index in [0.717, 1.165) is 59.7 Å². The molecule has 0 heterocycles. The fourth-order valence-corrected chi connectivity index (χ4v) is 11.7. The van der Waals surface area contributed by atoms with Gasteiger partial charge in [0.15, 0.2) is 0 Å². The van der Waals surface area contributed by atoms with E-state index in [9.17, 15) is 33.8 Å². The Morgan fingerprint density at radius 1 is 0.667 bits per heavy atom. The average Bonchev–Trinajstić information content (AvgIpc) is 3.19. The van der Waals surface area contributed by atoms with Crippen molar-refractivity contribution in [3.05, 3.63) is 136 Å². The summed E-state index contributed by atoms with van der Waals surface area (Å²) in [5.41, 5.74) is 3.76. The molecule has 0 spiro atoms. The van der Waals surface area contributed by atoms with Gasteiger partial charge in [0.25, 0.3) is 0 Å². The summed E-state index contributed by atoms with van der Waals surface area (Å²) in [6.45, 7) is 0.574. The van der Waals surface area contributed by atoms with Crippen molar-refractivity contribution in [3.8, 4) is 0 Å². The predicted molar refractivity (Wildman–Crippen MR) is 208 cm³/mol. The lowest BCUT2D eigenvalue weighted by molar-refractivity contribution is -0.139. The lowest BCUT2D eigenvalue weighted by Gasteiger charge is -2.57. The van der Waals surface area contributed by atoms with E-state index in [0.29, 0.717) is 29.9 Å². The summed E-state index contributed by atoms with van der Waals surface area (Å²) in [6, 6.07) is 23.4. The maximum absolute atomic E-state index is 15.1. The van der Waals surface area contributed by atoms with Crippen LogP contribution in [0.2, 0.25) is 0 Å². The third-order valence-electron chi connectivity index (χ3n) is 13.5. The van der Waals surface area contributed by atoms with Gasteiger partial charge in [-0.15, -0.1) is 0 Å². The number of aromatic carboxylic acids is 2. The summed E-state index contributed by atoms with van der Waals surface area (Å²) in [5, 5.41) is 28.3. The zero-order valence-electron chi connectivity index (χ0n) is 31.2. The zero-order valence-corrected chi connectivity index (χ0v) is 31.2. The van der Waals surface area contributed by atoms with E-state index >= 15 is 4.79 Å². The number of carbonyl (C=O) groups is 5. The zero-order chi connectivity index (χ0) is 39.6. The highest BCUT2D eigenvalue weighted by Crippen LogP contribution is 2.61. The van der Waals surface area contributed by atoms with E-state index in [2.05, 4.69) is 16.0 Å². The number of halogens is 1. The molecular weight excluding hydrogens is 726 g/mol. The first-order valence-corrected chi connectivity index (χ1v) is 19.9. The molecule has 0 saturated heterocycles. The minimum atomic E-state index is -1.38. The highest BCUT2D eigenvalue weighted by Gasteiger charge is 2.56. The molecule has 11 heteroatoms. The monoisotopic (exact) mass is 769 g/mol. The van der Waals surface area contributed by atoms with Crippen molar-refractivity contribution in [1.29, 1.82) is 0 Å². The first-order valence-electron chi connectivity index (χ1n) is 19.9. The van der Waals surface area contributed by atoms with E-state index in [4.69, 9.17) is 0 Å². The van der Waals surface area contributed by atoms with Crippen LogP contribution in [0.15, 0.2) is 91.0 Å². The molecule has 4 saturated carbocycles. The van der Waals surface area contributed by atoms with E-state index < -0.39 is 59.3 Å². The Hall–Kier alpha value is -5.84. The lowest BCUT2D eigenvalue weighted by atomic mass is 9.49. The molecule has 7 aliphatic carbocycles. The molecular formula is C46H44FN3O7. The Balaban J connectivity index is 1.06. The fourth-order valence-electron chi connectivity index (χ4n) is 11.7. The molecule has 5 N–H and O–H groups in total. The molecule has 292 valence electrons. The SMILES string of the molecule is O=C(O)c1cc(NC(=O)[C@H](Cc2ccc(F)cc2)NC(=O)C2C3c4ccccc4C(c4ccccc43)C2C(=O)NCC23CC4CC(CC(C4)C2)C3)cc(C(=O)O)c1. The van der Waals surface area contributed by atoms with Crippen molar-refractivity contribution in [2.45, 2.75) is 62.8 Å². The number of fused-ring (bicyclic) bond motifs is 1.